The van der Waals surface area contributed by atoms with Gasteiger partial charge in [-0.3, -0.25) is 14.3 Å². The average molecular weight is 440 g/mol. The fourth-order valence-corrected chi connectivity index (χ4v) is 5.01. The number of nitrogens with one attached hydrogen (secondary N) is 1. The Morgan fingerprint density at radius 1 is 1.28 bits per heavy atom. The fourth-order valence-electron chi connectivity index (χ4n) is 4.73. The molecule has 1 aromatic heterocycles. The van der Waals surface area contributed by atoms with Gasteiger partial charge in [-0.1, -0.05) is 23.2 Å². The van der Waals surface area contributed by atoms with E-state index in [4.69, 9.17) is 27.9 Å². The zero-order valence-corrected chi connectivity index (χ0v) is 17.5. The van der Waals surface area contributed by atoms with E-state index >= 15 is 0 Å². The number of halogens is 3. The molecule has 1 heterocycles. The third-order valence-electron chi connectivity index (χ3n) is 5.75. The number of carbonyl (C=O) groups is 2. The van der Waals surface area contributed by atoms with E-state index in [0.717, 1.165) is 0 Å². The summed E-state index contributed by atoms with van der Waals surface area (Å²) in [7, 11) is 1.57. The van der Waals surface area contributed by atoms with Crippen LogP contribution in [0.3, 0.4) is 0 Å². The van der Waals surface area contributed by atoms with Gasteiger partial charge in [-0.05, 0) is 43.7 Å². The van der Waals surface area contributed by atoms with E-state index in [0.29, 0.717) is 35.1 Å². The highest BCUT2D eigenvalue weighted by atomic mass is 35.5. The second kappa shape index (κ2) is 6.99. The van der Waals surface area contributed by atoms with E-state index in [-0.39, 0.29) is 47.1 Å². The zero-order chi connectivity index (χ0) is 21.0. The molecule has 29 heavy (non-hydrogen) atoms. The van der Waals surface area contributed by atoms with Crippen LogP contribution in [0.2, 0.25) is 10.0 Å². The summed E-state index contributed by atoms with van der Waals surface area (Å²) in [5.41, 5.74) is -0.182. The molecule has 0 saturated heterocycles. The molecule has 3 saturated carbocycles. The predicted molar refractivity (Wildman–Crippen MR) is 106 cm³/mol. The van der Waals surface area contributed by atoms with Crippen LogP contribution in [0.25, 0.3) is 0 Å². The van der Waals surface area contributed by atoms with E-state index in [2.05, 4.69) is 10.4 Å². The summed E-state index contributed by atoms with van der Waals surface area (Å²) < 4.78 is 20.9. The molecule has 3 aliphatic carbocycles. The Kier molecular flexibility index (Phi) is 4.86. The topological polar surface area (TPSA) is 73.2 Å². The van der Waals surface area contributed by atoms with Crippen molar-refractivity contribution in [3.05, 3.63) is 45.4 Å². The van der Waals surface area contributed by atoms with Crippen molar-refractivity contribution < 1.29 is 18.7 Å². The third kappa shape index (κ3) is 3.62. The summed E-state index contributed by atoms with van der Waals surface area (Å²) in [5, 5.41) is 7.73. The van der Waals surface area contributed by atoms with Crippen LogP contribution in [-0.2, 0) is 11.8 Å². The molecule has 3 aliphatic rings. The zero-order valence-electron chi connectivity index (χ0n) is 16.0. The number of nitrogens with zero attached hydrogens (tertiary/aromatic N) is 2. The van der Waals surface area contributed by atoms with Crippen LogP contribution in [0, 0.1) is 18.2 Å². The van der Waals surface area contributed by atoms with Crippen molar-refractivity contribution >= 4 is 34.9 Å². The molecule has 0 atom stereocenters. The smallest absolute Gasteiger partial charge is 0.258 e. The van der Waals surface area contributed by atoms with Crippen molar-refractivity contribution in [2.75, 3.05) is 6.61 Å². The van der Waals surface area contributed by atoms with Crippen molar-refractivity contribution in [2.45, 2.75) is 38.1 Å². The number of rotatable bonds is 7. The molecular formula is C20H20Cl2FN3O3. The predicted octanol–water partition coefficient (Wildman–Crippen LogP) is 3.87. The number of hydrogen-bond donors (Lipinski definition) is 1. The lowest BCUT2D eigenvalue weighted by Gasteiger charge is -2.70. The Labute approximate surface area is 177 Å². The van der Waals surface area contributed by atoms with Gasteiger partial charge in [-0.15, -0.1) is 0 Å². The summed E-state index contributed by atoms with van der Waals surface area (Å²) in [6.45, 7) is 1.41. The van der Waals surface area contributed by atoms with E-state index < -0.39 is 5.82 Å². The maximum Gasteiger partial charge on any atom is 0.258 e. The third-order valence-corrected chi connectivity index (χ3v) is 6.49. The van der Waals surface area contributed by atoms with Crippen molar-refractivity contribution in [3.63, 3.8) is 0 Å². The number of carbonyl (C=O) groups excluding carboxylic acids is 2. The summed E-state index contributed by atoms with van der Waals surface area (Å²) >= 11 is 11.8. The van der Waals surface area contributed by atoms with Crippen LogP contribution in [0.15, 0.2) is 18.2 Å². The molecular weight excluding hydrogens is 420 g/mol. The molecule has 2 bridgehead atoms. The first-order valence-electron chi connectivity index (χ1n) is 9.23. The van der Waals surface area contributed by atoms with Crippen LogP contribution in [0.4, 0.5) is 4.39 Å². The van der Waals surface area contributed by atoms with Gasteiger partial charge in [0, 0.05) is 25.1 Å². The molecule has 1 N–H and O–H groups in total. The largest absolute Gasteiger partial charge is 0.484 e. The van der Waals surface area contributed by atoms with Gasteiger partial charge in [0.05, 0.1) is 15.7 Å². The number of benzene rings is 1. The van der Waals surface area contributed by atoms with E-state index in [1.807, 2.05) is 0 Å². The minimum absolute atomic E-state index is 0.0281. The highest BCUT2D eigenvalue weighted by Crippen LogP contribution is 2.69. The number of Topliss-reactive ketones (excluding diaryl/α,β-unsaturated/α-hetero) is 1. The Morgan fingerprint density at radius 2 is 1.97 bits per heavy atom. The number of amides is 1. The Balaban J connectivity index is 1.27. The van der Waals surface area contributed by atoms with Crippen LogP contribution < -0.4 is 10.1 Å². The molecule has 2 aromatic rings. The van der Waals surface area contributed by atoms with Gasteiger partial charge in [-0.25, -0.2) is 4.39 Å². The highest BCUT2D eigenvalue weighted by Gasteiger charge is 2.68. The van der Waals surface area contributed by atoms with E-state index in [9.17, 15) is 14.0 Å². The SMILES string of the molecule is Cc1nn(C)c(C(=O)CC23CC(NC(=O)COc4ccc(Cl)c(Cl)c4)(C2)C3)c1F. The van der Waals surface area contributed by atoms with Crippen molar-refractivity contribution in [2.24, 2.45) is 12.5 Å². The Morgan fingerprint density at radius 3 is 2.55 bits per heavy atom. The molecule has 5 rings (SSSR count). The highest BCUT2D eigenvalue weighted by molar-refractivity contribution is 6.42. The Hall–Kier alpha value is -2.12. The number of aryl methyl sites for hydroxylation is 2. The Bertz CT molecular complexity index is 1000. The lowest BCUT2D eigenvalue weighted by Crippen LogP contribution is -2.75. The standard InChI is InChI=1S/C20H20Cl2FN3O3/c1-11-17(23)18(26(2)25-11)15(27)6-19-8-20(9-19,10-19)24-16(28)7-29-12-3-4-13(21)14(22)5-12/h3-5H,6-10H2,1-2H3,(H,24,28). The van der Waals surface area contributed by atoms with Crippen molar-refractivity contribution in [1.29, 1.82) is 0 Å². The first kappa shape index (κ1) is 20.2. The van der Waals surface area contributed by atoms with Crippen molar-refractivity contribution in [3.8, 4) is 5.75 Å². The lowest BCUT2D eigenvalue weighted by molar-refractivity contribution is -0.164. The number of ether oxygens (including phenoxy) is 1. The van der Waals surface area contributed by atoms with Crippen LogP contribution in [0.5, 0.6) is 5.75 Å². The number of hydrogen-bond acceptors (Lipinski definition) is 4. The van der Waals surface area contributed by atoms with Gasteiger partial charge in [0.1, 0.15) is 11.4 Å². The minimum atomic E-state index is -0.549. The maximum absolute atomic E-state index is 14.1. The molecule has 1 amide bonds. The van der Waals surface area contributed by atoms with Crippen LogP contribution >= 0.6 is 23.2 Å². The first-order chi connectivity index (χ1) is 13.6. The number of aromatic nitrogens is 2. The summed E-state index contributed by atoms with van der Waals surface area (Å²) in [4.78, 5) is 24.8. The van der Waals surface area contributed by atoms with Gasteiger partial charge in [0.25, 0.3) is 5.91 Å². The molecule has 0 radical (unpaired) electrons. The van der Waals surface area contributed by atoms with Gasteiger partial charge in [0.2, 0.25) is 0 Å². The average Bonchev–Trinajstić information content (AvgIpc) is 2.85. The quantitative estimate of drug-likeness (QED) is 0.664. The first-order valence-corrected chi connectivity index (χ1v) is 9.99. The second-order valence-electron chi connectivity index (χ2n) is 8.19. The van der Waals surface area contributed by atoms with Gasteiger partial charge >= 0.3 is 0 Å². The molecule has 3 fully saturated rings. The fraction of sp³-hybridized carbons (Fsp3) is 0.450. The summed E-state index contributed by atoms with van der Waals surface area (Å²) in [6, 6.07) is 4.80. The second-order valence-corrected chi connectivity index (χ2v) is 9.01. The van der Waals surface area contributed by atoms with Gasteiger partial charge < -0.3 is 10.1 Å². The van der Waals surface area contributed by atoms with Crippen molar-refractivity contribution in [1.82, 2.24) is 15.1 Å². The molecule has 0 unspecified atom stereocenters. The van der Waals surface area contributed by atoms with E-state index in [1.165, 1.54) is 11.6 Å². The van der Waals surface area contributed by atoms with Gasteiger partial charge in [-0.2, -0.15) is 5.10 Å². The normalized spacial score (nSPS) is 24.4. The van der Waals surface area contributed by atoms with Crippen LogP contribution in [0.1, 0.15) is 41.9 Å². The molecule has 1 aromatic carbocycles. The lowest BCUT2D eigenvalue weighted by atomic mass is 9.38. The molecule has 0 spiro atoms. The minimum Gasteiger partial charge on any atom is -0.484 e. The van der Waals surface area contributed by atoms with Gasteiger partial charge in [0.15, 0.2) is 18.2 Å². The number of ketones is 1. The van der Waals surface area contributed by atoms with E-state index in [1.54, 1.807) is 25.2 Å². The van der Waals surface area contributed by atoms with Crippen LogP contribution in [-0.4, -0.2) is 33.6 Å². The monoisotopic (exact) mass is 439 g/mol. The molecule has 9 heteroatoms. The summed E-state index contributed by atoms with van der Waals surface area (Å²) in [5.74, 6) is -0.563. The molecule has 6 nitrogen and oxygen atoms in total. The molecule has 0 aliphatic heterocycles. The molecule has 154 valence electrons. The maximum atomic E-state index is 14.1. The summed E-state index contributed by atoms with van der Waals surface area (Å²) in [6.07, 6.45) is 2.40.